The van der Waals surface area contributed by atoms with Gasteiger partial charge >= 0.3 is 0 Å². The lowest BCUT2D eigenvalue weighted by atomic mass is 10.1. The summed E-state index contributed by atoms with van der Waals surface area (Å²) < 4.78 is 20.0. The van der Waals surface area contributed by atoms with Crippen LogP contribution in [0.1, 0.15) is 17.2 Å². The molecule has 0 spiro atoms. The maximum Gasteiger partial charge on any atom is 0.193 e. The topological polar surface area (TPSA) is 71.8 Å². The zero-order valence-electron chi connectivity index (χ0n) is 16.3. The van der Waals surface area contributed by atoms with Gasteiger partial charge in [-0.25, -0.2) is 0 Å². The van der Waals surface area contributed by atoms with Crippen molar-refractivity contribution < 1.29 is 8.95 Å². The molecule has 0 aliphatic carbocycles. The van der Waals surface area contributed by atoms with Crippen molar-refractivity contribution in [3.05, 3.63) is 53.9 Å². The van der Waals surface area contributed by atoms with E-state index in [0.717, 1.165) is 30.2 Å². The minimum Gasteiger partial charge on any atom is -0.370 e. The number of nitrogens with one attached hydrogen (secondary N) is 1. The molecule has 28 heavy (non-hydrogen) atoms. The zero-order chi connectivity index (χ0) is 19.1. The highest BCUT2D eigenvalue weighted by atomic mass is 127. The molecule has 0 radical (unpaired) electrons. The van der Waals surface area contributed by atoms with Crippen LogP contribution in [-0.2, 0) is 28.3 Å². The van der Waals surface area contributed by atoms with Gasteiger partial charge in [0.2, 0.25) is 0 Å². The van der Waals surface area contributed by atoms with Crippen LogP contribution in [0, 0.1) is 0 Å². The van der Waals surface area contributed by atoms with Gasteiger partial charge in [-0.15, -0.1) is 24.0 Å². The van der Waals surface area contributed by atoms with Crippen LogP contribution in [0.25, 0.3) is 0 Å². The molecule has 1 aliphatic rings. The van der Waals surface area contributed by atoms with Gasteiger partial charge in [0.25, 0.3) is 0 Å². The molecule has 0 saturated carbocycles. The maximum atomic E-state index is 12.3. The van der Waals surface area contributed by atoms with E-state index in [2.05, 4.69) is 20.3 Å². The van der Waals surface area contributed by atoms with Gasteiger partial charge in [-0.05, 0) is 5.56 Å². The Labute approximate surface area is 186 Å². The molecule has 0 amide bonds. The molecule has 1 saturated heterocycles. The molecular weight excluding hydrogens is 489 g/mol. The summed E-state index contributed by atoms with van der Waals surface area (Å²) in [6.07, 6.45) is 3.81. The number of hydrogen-bond acceptors (Lipinski definition) is 4. The predicted molar refractivity (Wildman–Crippen MR) is 123 cm³/mol. The van der Waals surface area contributed by atoms with Crippen molar-refractivity contribution in [3.63, 3.8) is 0 Å². The molecule has 3 rings (SSSR count). The fourth-order valence-corrected chi connectivity index (χ4v) is 4.13. The molecule has 154 valence electrons. The Hall–Kier alpha value is -1.46. The van der Waals surface area contributed by atoms with Crippen LogP contribution in [-0.4, -0.2) is 63.9 Å². The number of hydrogen-bond donors (Lipinski definition) is 1. The molecule has 1 N–H and O–H groups in total. The summed E-state index contributed by atoms with van der Waals surface area (Å²) >= 11 is 0. The molecular formula is C19H28IN5O2S. The number of benzene rings is 1. The van der Waals surface area contributed by atoms with Crippen LogP contribution >= 0.6 is 24.0 Å². The second-order valence-electron chi connectivity index (χ2n) is 6.50. The third-order valence-electron chi connectivity index (χ3n) is 4.46. The van der Waals surface area contributed by atoms with E-state index >= 15 is 0 Å². The molecule has 0 bridgehead atoms. The standard InChI is InChI=1S/C19H27N5O2S.HI/c1-20-19(21-8-11-27(25)15-16-6-4-3-5-7-16)24-9-10-26-18(14-24)17-12-22-23(2)13-17;/h3-7,12-13,18H,8-11,14-15H2,1-2H3,(H,20,21);1H. The van der Waals surface area contributed by atoms with Crippen LogP contribution in [0.3, 0.4) is 0 Å². The lowest BCUT2D eigenvalue weighted by Crippen LogP contribution is -2.48. The van der Waals surface area contributed by atoms with Crippen molar-refractivity contribution >= 4 is 40.7 Å². The molecule has 1 fully saturated rings. The molecule has 2 aromatic rings. The first-order valence-corrected chi connectivity index (χ1v) is 10.6. The number of morpholine rings is 1. The van der Waals surface area contributed by atoms with Crippen molar-refractivity contribution in [2.75, 3.05) is 39.0 Å². The first-order valence-electron chi connectivity index (χ1n) is 9.10. The summed E-state index contributed by atoms with van der Waals surface area (Å²) in [5.74, 6) is 2.00. The largest absolute Gasteiger partial charge is 0.370 e. The Balaban J connectivity index is 0.00000280. The van der Waals surface area contributed by atoms with Crippen molar-refractivity contribution in [2.45, 2.75) is 11.9 Å². The average Bonchev–Trinajstić information content (AvgIpc) is 3.12. The van der Waals surface area contributed by atoms with Crippen molar-refractivity contribution in [2.24, 2.45) is 12.0 Å². The third-order valence-corrected chi connectivity index (χ3v) is 5.77. The molecule has 7 nitrogen and oxygen atoms in total. The molecule has 9 heteroatoms. The molecule has 2 atom stereocenters. The first-order chi connectivity index (χ1) is 13.2. The van der Waals surface area contributed by atoms with E-state index < -0.39 is 10.8 Å². The van der Waals surface area contributed by atoms with Crippen molar-refractivity contribution in [3.8, 4) is 0 Å². The van der Waals surface area contributed by atoms with E-state index in [0.29, 0.717) is 24.7 Å². The molecule has 1 aromatic carbocycles. The number of rotatable bonds is 6. The SMILES string of the molecule is CN=C(NCCS(=O)Cc1ccccc1)N1CCOC(c2cnn(C)c2)C1.I. The fraction of sp³-hybridized carbons (Fsp3) is 0.474. The predicted octanol–water partition coefficient (Wildman–Crippen LogP) is 1.94. The Morgan fingerprint density at radius 3 is 2.86 bits per heavy atom. The minimum atomic E-state index is -0.900. The van der Waals surface area contributed by atoms with Gasteiger partial charge in [0.15, 0.2) is 5.96 Å². The number of aromatic nitrogens is 2. The normalized spacial score (nSPS) is 18.4. The van der Waals surface area contributed by atoms with Gasteiger partial charge < -0.3 is 15.0 Å². The van der Waals surface area contributed by atoms with E-state index in [9.17, 15) is 4.21 Å². The Bertz CT molecular complexity index is 784. The molecule has 2 unspecified atom stereocenters. The second kappa shape index (κ2) is 11.5. The number of guanidine groups is 1. The summed E-state index contributed by atoms with van der Waals surface area (Å²) in [6, 6.07) is 9.94. The summed E-state index contributed by atoms with van der Waals surface area (Å²) in [7, 11) is 2.78. The lowest BCUT2D eigenvalue weighted by Gasteiger charge is -2.34. The summed E-state index contributed by atoms with van der Waals surface area (Å²) in [6.45, 7) is 2.77. The van der Waals surface area contributed by atoms with Gasteiger partial charge in [0.1, 0.15) is 6.10 Å². The van der Waals surface area contributed by atoms with E-state index in [1.165, 1.54) is 0 Å². The lowest BCUT2D eigenvalue weighted by molar-refractivity contribution is -0.00798. The highest BCUT2D eigenvalue weighted by Gasteiger charge is 2.25. The summed E-state index contributed by atoms with van der Waals surface area (Å²) in [5.41, 5.74) is 2.18. The number of halogens is 1. The van der Waals surface area contributed by atoms with Gasteiger partial charge in [-0.2, -0.15) is 5.10 Å². The van der Waals surface area contributed by atoms with Crippen LogP contribution < -0.4 is 5.32 Å². The van der Waals surface area contributed by atoms with Crippen LogP contribution in [0.5, 0.6) is 0 Å². The quantitative estimate of drug-likeness (QED) is 0.361. The number of nitrogens with zero attached hydrogens (tertiary/aromatic N) is 4. The zero-order valence-corrected chi connectivity index (χ0v) is 19.4. The number of ether oxygens (including phenoxy) is 1. The Kier molecular flexibility index (Phi) is 9.39. The van der Waals surface area contributed by atoms with Gasteiger partial charge in [-0.1, -0.05) is 30.3 Å². The average molecular weight is 517 g/mol. The number of aryl methyl sites for hydroxylation is 1. The van der Waals surface area contributed by atoms with Crippen LogP contribution in [0.2, 0.25) is 0 Å². The van der Waals surface area contributed by atoms with Crippen molar-refractivity contribution in [1.29, 1.82) is 0 Å². The summed E-state index contributed by atoms with van der Waals surface area (Å²) in [4.78, 5) is 6.56. The monoisotopic (exact) mass is 517 g/mol. The van der Waals surface area contributed by atoms with E-state index in [1.54, 1.807) is 11.7 Å². The summed E-state index contributed by atoms with van der Waals surface area (Å²) in [5, 5.41) is 7.56. The first kappa shape index (κ1) is 22.8. The smallest absolute Gasteiger partial charge is 0.193 e. The van der Waals surface area contributed by atoms with Crippen LogP contribution in [0.4, 0.5) is 0 Å². The van der Waals surface area contributed by atoms with Crippen molar-refractivity contribution in [1.82, 2.24) is 20.0 Å². The number of aliphatic imine (C=N–C) groups is 1. The van der Waals surface area contributed by atoms with Gasteiger partial charge in [-0.3, -0.25) is 13.9 Å². The fourth-order valence-electron chi connectivity index (χ4n) is 3.09. The highest BCUT2D eigenvalue weighted by Crippen LogP contribution is 2.21. The van der Waals surface area contributed by atoms with E-state index in [1.807, 2.05) is 49.8 Å². The minimum absolute atomic E-state index is 0. The second-order valence-corrected chi connectivity index (χ2v) is 8.08. The Morgan fingerprint density at radius 2 is 2.18 bits per heavy atom. The molecule has 2 heterocycles. The third kappa shape index (κ3) is 6.56. The van der Waals surface area contributed by atoms with Gasteiger partial charge in [0.05, 0.1) is 19.3 Å². The Morgan fingerprint density at radius 1 is 1.39 bits per heavy atom. The molecule has 1 aliphatic heterocycles. The van der Waals surface area contributed by atoms with Crippen LogP contribution in [0.15, 0.2) is 47.7 Å². The highest BCUT2D eigenvalue weighted by molar-refractivity contribution is 14.0. The molecule has 1 aromatic heterocycles. The maximum absolute atomic E-state index is 12.3. The van der Waals surface area contributed by atoms with E-state index in [4.69, 9.17) is 4.74 Å². The van der Waals surface area contributed by atoms with Gasteiger partial charge in [0, 0.05) is 61.3 Å². The van der Waals surface area contributed by atoms with E-state index in [-0.39, 0.29) is 30.1 Å².